The minimum atomic E-state index is -0.748. The topological polar surface area (TPSA) is 89.8 Å². The van der Waals surface area contributed by atoms with Crippen molar-refractivity contribution in [2.45, 2.75) is 29.6 Å². The maximum Gasteiger partial charge on any atom is 0.338 e. The predicted molar refractivity (Wildman–Crippen MR) is 104 cm³/mol. The maximum absolute atomic E-state index is 12.2. The summed E-state index contributed by atoms with van der Waals surface area (Å²) in [6.07, 6.45) is 1.90. The van der Waals surface area contributed by atoms with Crippen molar-refractivity contribution >= 4 is 29.3 Å². The molecule has 3 rings (SSSR count). The number of nitrogens with zero attached hydrogens (tertiary/aromatic N) is 2. The van der Waals surface area contributed by atoms with Crippen molar-refractivity contribution in [1.29, 1.82) is 0 Å². The lowest BCUT2D eigenvalue weighted by molar-refractivity contribution is -0.387. The van der Waals surface area contributed by atoms with Crippen LogP contribution >= 0.6 is 11.8 Å². The van der Waals surface area contributed by atoms with Gasteiger partial charge in [-0.2, -0.15) is 0 Å². The van der Waals surface area contributed by atoms with Crippen LogP contribution in [-0.4, -0.2) is 41.4 Å². The zero-order valence-corrected chi connectivity index (χ0v) is 16.2. The van der Waals surface area contributed by atoms with E-state index in [1.54, 1.807) is 4.90 Å². The molecule has 28 heavy (non-hydrogen) atoms. The number of nitro groups is 1. The van der Waals surface area contributed by atoms with Gasteiger partial charge in [0.05, 0.1) is 15.4 Å². The molecule has 0 saturated carbocycles. The van der Waals surface area contributed by atoms with Gasteiger partial charge in [0.15, 0.2) is 6.61 Å². The molecule has 2 aromatic carbocycles. The van der Waals surface area contributed by atoms with Gasteiger partial charge in [0.1, 0.15) is 0 Å². The Morgan fingerprint density at radius 1 is 1.14 bits per heavy atom. The zero-order valence-electron chi connectivity index (χ0n) is 15.4. The summed E-state index contributed by atoms with van der Waals surface area (Å²) in [5.41, 5.74) is 0.973. The molecule has 1 heterocycles. The van der Waals surface area contributed by atoms with Gasteiger partial charge in [-0.3, -0.25) is 14.9 Å². The first-order chi connectivity index (χ1) is 13.4. The molecule has 1 saturated heterocycles. The molecule has 1 aliphatic heterocycles. The van der Waals surface area contributed by atoms with Crippen molar-refractivity contribution in [3.63, 3.8) is 0 Å². The van der Waals surface area contributed by atoms with Crippen LogP contribution in [0, 0.1) is 17.0 Å². The second kappa shape index (κ2) is 8.88. The first-order valence-corrected chi connectivity index (χ1v) is 9.73. The molecular weight excluding hydrogens is 380 g/mol. The summed E-state index contributed by atoms with van der Waals surface area (Å²) in [6, 6.07) is 11.8. The van der Waals surface area contributed by atoms with Crippen LogP contribution in [0.1, 0.15) is 28.8 Å². The number of rotatable bonds is 6. The summed E-state index contributed by atoms with van der Waals surface area (Å²) in [4.78, 5) is 38.1. The third-order valence-electron chi connectivity index (χ3n) is 4.43. The lowest BCUT2D eigenvalue weighted by Crippen LogP contribution is -2.32. The summed E-state index contributed by atoms with van der Waals surface area (Å²) in [6.45, 7) is 2.96. The number of hydrogen-bond acceptors (Lipinski definition) is 6. The first kappa shape index (κ1) is 19.9. The number of carbonyl (C=O) groups excluding carboxylic acids is 2. The van der Waals surface area contributed by atoms with Gasteiger partial charge in [0, 0.05) is 24.1 Å². The smallest absolute Gasteiger partial charge is 0.338 e. The third-order valence-corrected chi connectivity index (χ3v) is 5.50. The Kier molecular flexibility index (Phi) is 6.30. The Morgan fingerprint density at radius 3 is 2.46 bits per heavy atom. The first-order valence-electron chi connectivity index (χ1n) is 8.92. The van der Waals surface area contributed by atoms with Crippen LogP contribution < -0.4 is 0 Å². The highest BCUT2D eigenvalue weighted by atomic mass is 32.2. The summed E-state index contributed by atoms with van der Waals surface area (Å²) in [5, 5.41) is 11.5. The average Bonchev–Trinajstić information content (AvgIpc) is 3.22. The molecule has 1 aliphatic rings. The van der Waals surface area contributed by atoms with E-state index in [0.717, 1.165) is 23.3 Å². The number of esters is 1. The molecule has 0 unspecified atom stereocenters. The molecule has 8 heteroatoms. The monoisotopic (exact) mass is 400 g/mol. The van der Waals surface area contributed by atoms with Gasteiger partial charge in [-0.05, 0) is 44.0 Å². The molecule has 0 spiro atoms. The van der Waals surface area contributed by atoms with Crippen molar-refractivity contribution in [3.05, 3.63) is 63.7 Å². The SMILES string of the molecule is Cc1ccc(Sc2ccc(C(=O)OCC(=O)N3CCCC3)cc2[N+](=O)[O-])cc1. The molecule has 1 amide bonds. The van der Waals surface area contributed by atoms with E-state index in [1.165, 1.54) is 30.0 Å². The van der Waals surface area contributed by atoms with E-state index < -0.39 is 10.9 Å². The van der Waals surface area contributed by atoms with Crippen LogP contribution in [0.15, 0.2) is 52.3 Å². The summed E-state index contributed by atoms with van der Waals surface area (Å²) in [7, 11) is 0. The number of benzene rings is 2. The summed E-state index contributed by atoms with van der Waals surface area (Å²) >= 11 is 1.25. The van der Waals surface area contributed by atoms with Gasteiger partial charge >= 0.3 is 5.97 Å². The van der Waals surface area contributed by atoms with Gasteiger partial charge in [-0.25, -0.2) is 4.79 Å². The Bertz CT molecular complexity index is 892. The third kappa shape index (κ3) is 4.89. The summed E-state index contributed by atoms with van der Waals surface area (Å²) in [5.74, 6) is -0.991. The predicted octanol–water partition coefficient (Wildman–Crippen LogP) is 3.83. The zero-order chi connectivity index (χ0) is 20.1. The Hall–Kier alpha value is -2.87. The second-order valence-corrected chi connectivity index (χ2v) is 7.63. The Morgan fingerprint density at radius 2 is 1.82 bits per heavy atom. The average molecular weight is 400 g/mol. The molecule has 0 N–H and O–H groups in total. The quantitative estimate of drug-likeness (QED) is 0.416. The van der Waals surface area contributed by atoms with E-state index in [0.29, 0.717) is 18.0 Å². The molecule has 146 valence electrons. The van der Waals surface area contributed by atoms with E-state index in [4.69, 9.17) is 4.74 Å². The molecule has 7 nitrogen and oxygen atoms in total. The fourth-order valence-corrected chi connectivity index (χ4v) is 3.78. The second-order valence-electron chi connectivity index (χ2n) is 6.52. The molecular formula is C20H20N2O5S. The lowest BCUT2D eigenvalue weighted by atomic mass is 10.2. The standard InChI is InChI=1S/C20H20N2O5S/c1-14-4-7-16(8-5-14)28-18-9-6-15(12-17(18)22(25)26)20(24)27-13-19(23)21-10-2-3-11-21/h4-9,12H,2-3,10-11,13H2,1H3. The number of amides is 1. The van der Waals surface area contributed by atoms with Gasteiger partial charge in [-0.15, -0.1) is 0 Å². The number of likely N-dealkylation sites (tertiary alicyclic amines) is 1. The van der Waals surface area contributed by atoms with Crippen LogP contribution in [0.5, 0.6) is 0 Å². The maximum atomic E-state index is 12.2. The molecule has 0 bridgehead atoms. The highest BCUT2D eigenvalue weighted by molar-refractivity contribution is 7.99. The van der Waals surface area contributed by atoms with Crippen molar-refractivity contribution in [1.82, 2.24) is 4.90 Å². The van der Waals surface area contributed by atoms with Crippen LogP contribution in [0.4, 0.5) is 5.69 Å². The van der Waals surface area contributed by atoms with Crippen molar-refractivity contribution in [3.8, 4) is 0 Å². The van der Waals surface area contributed by atoms with Gasteiger partial charge in [0.25, 0.3) is 11.6 Å². The lowest BCUT2D eigenvalue weighted by Gasteiger charge is -2.15. The van der Waals surface area contributed by atoms with E-state index in [9.17, 15) is 19.7 Å². The molecule has 0 radical (unpaired) electrons. The molecule has 0 aliphatic carbocycles. The van der Waals surface area contributed by atoms with Crippen LogP contribution in [0.25, 0.3) is 0 Å². The number of ether oxygens (including phenoxy) is 1. The van der Waals surface area contributed by atoms with Gasteiger partial charge < -0.3 is 9.64 Å². The van der Waals surface area contributed by atoms with Crippen LogP contribution in [0.2, 0.25) is 0 Å². The summed E-state index contributed by atoms with van der Waals surface area (Å²) < 4.78 is 5.05. The molecule has 1 fully saturated rings. The van der Waals surface area contributed by atoms with Crippen molar-refractivity contribution < 1.29 is 19.2 Å². The number of carbonyl (C=O) groups is 2. The van der Waals surface area contributed by atoms with Crippen LogP contribution in [0.3, 0.4) is 0 Å². The van der Waals surface area contributed by atoms with Gasteiger partial charge in [-0.1, -0.05) is 29.5 Å². The fraction of sp³-hybridized carbons (Fsp3) is 0.300. The van der Waals surface area contributed by atoms with E-state index in [-0.39, 0.29) is 23.8 Å². The number of hydrogen-bond donors (Lipinski definition) is 0. The van der Waals surface area contributed by atoms with E-state index in [1.807, 2.05) is 31.2 Å². The molecule has 2 aromatic rings. The minimum Gasteiger partial charge on any atom is -0.452 e. The van der Waals surface area contributed by atoms with E-state index >= 15 is 0 Å². The van der Waals surface area contributed by atoms with Gasteiger partial charge in [0.2, 0.25) is 0 Å². The Labute approximate surface area is 166 Å². The normalized spacial score (nSPS) is 13.4. The number of aryl methyl sites for hydroxylation is 1. The van der Waals surface area contributed by atoms with Crippen LogP contribution in [-0.2, 0) is 9.53 Å². The van der Waals surface area contributed by atoms with E-state index in [2.05, 4.69) is 0 Å². The number of nitro benzene ring substituents is 1. The molecule has 0 atom stereocenters. The Balaban J connectivity index is 1.70. The molecule has 0 aromatic heterocycles. The highest BCUT2D eigenvalue weighted by Crippen LogP contribution is 2.35. The highest BCUT2D eigenvalue weighted by Gasteiger charge is 2.22. The fourth-order valence-electron chi connectivity index (χ4n) is 2.88. The van der Waals surface area contributed by atoms with Crippen molar-refractivity contribution in [2.75, 3.05) is 19.7 Å². The van der Waals surface area contributed by atoms with Crippen molar-refractivity contribution in [2.24, 2.45) is 0 Å². The minimum absolute atomic E-state index is 0.0502. The largest absolute Gasteiger partial charge is 0.452 e.